The number of nitrogens with zero attached hydrogens (tertiary/aromatic N) is 1. The van der Waals surface area contributed by atoms with Crippen LogP contribution in [0.15, 0.2) is 34.5 Å². The van der Waals surface area contributed by atoms with Crippen molar-refractivity contribution in [2.75, 3.05) is 12.9 Å². The largest absolute Gasteiger partial charge is 0.494 e. The van der Waals surface area contributed by atoms with Gasteiger partial charge in [0.15, 0.2) is 15.5 Å². The summed E-state index contributed by atoms with van der Waals surface area (Å²) < 4.78 is 28.2. The number of benzene rings is 1. The van der Waals surface area contributed by atoms with Crippen molar-refractivity contribution in [2.24, 2.45) is 0 Å². The molecule has 0 aliphatic rings. The van der Waals surface area contributed by atoms with Crippen LogP contribution in [0.5, 0.6) is 5.75 Å². The summed E-state index contributed by atoms with van der Waals surface area (Å²) in [6, 6.07) is 6.07. The van der Waals surface area contributed by atoms with Gasteiger partial charge in [0.05, 0.1) is 18.0 Å². The van der Waals surface area contributed by atoms with Gasteiger partial charge in [-0.05, 0) is 30.7 Å². The first-order valence-corrected chi connectivity index (χ1v) is 10.4. The molecule has 0 aliphatic carbocycles. The summed E-state index contributed by atoms with van der Waals surface area (Å²) in [6.45, 7) is 0.497. The molecule has 0 aliphatic heterocycles. The Morgan fingerprint density at radius 3 is 2.54 bits per heavy atom. The minimum absolute atomic E-state index is 0.0328. The monoisotopic (exact) mass is 398 g/mol. The number of hydrogen-bond acceptors (Lipinski definition) is 7. The number of sulfone groups is 1. The van der Waals surface area contributed by atoms with E-state index in [1.54, 1.807) is 12.1 Å². The maximum Gasteiger partial charge on any atom is 0.355 e. The normalized spacial score (nSPS) is 11.1. The molecular weight excluding hydrogens is 380 g/mol. The Kier molecular flexibility index (Phi) is 6.70. The van der Waals surface area contributed by atoms with Gasteiger partial charge in [-0.25, -0.2) is 18.2 Å². The first kappa shape index (κ1) is 19.9. The van der Waals surface area contributed by atoms with Crippen LogP contribution in [0, 0.1) is 0 Å². The van der Waals surface area contributed by atoms with Gasteiger partial charge in [0.1, 0.15) is 10.8 Å². The predicted octanol–water partition coefficient (Wildman–Crippen LogP) is 1.72. The van der Waals surface area contributed by atoms with Crippen LogP contribution in [0.4, 0.5) is 0 Å². The number of thiazole rings is 1. The van der Waals surface area contributed by atoms with E-state index < -0.39 is 15.8 Å². The van der Waals surface area contributed by atoms with E-state index in [0.29, 0.717) is 23.8 Å². The number of carboxylic acids is 1. The topological polar surface area (TPSA) is 123 Å². The highest BCUT2D eigenvalue weighted by atomic mass is 32.2. The molecule has 0 bridgehead atoms. The van der Waals surface area contributed by atoms with Crippen molar-refractivity contribution >= 4 is 33.1 Å². The summed E-state index contributed by atoms with van der Waals surface area (Å²) in [7, 11) is -3.23. The van der Waals surface area contributed by atoms with Gasteiger partial charge in [-0.1, -0.05) is 0 Å². The van der Waals surface area contributed by atoms with Crippen LogP contribution >= 0.6 is 11.3 Å². The highest BCUT2D eigenvalue weighted by Crippen LogP contribution is 2.16. The Morgan fingerprint density at radius 1 is 1.27 bits per heavy atom. The molecule has 0 atom stereocenters. The lowest BCUT2D eigenvalue weighted by Gasteiger charge is -2.07. The number of rotatable bonds is 9. The van der Waals surface area contributed by atoms with Crippen LogP contribution in [0.1, 0.15) is 28.3 Å². The Labute approximate surface area is 154 Å². The smallest absolute Gasteiger partial charge is 0.355 e. The van der Waals surface area contributed by atoms with Gasteiger partial charge in [0.2, 0.25) is 5.91 Å². The number of aromatic carboxylic acids is 1. The lowest BCUT2D eigenvalue weighted by Crippen LogP contribution is -2.23. The maximum atomic E-state index is 11.8. The molecule has 0 radical (unpaired) electrons. The number of carbonyl (C=O) groups is 2. The predicted molar refractivity (Wildman–Crippen MR) is 95.2 cm³/mol. The van der Waals surface area contributed by atoms with Gasteiger partial charge in [-0.15, -0.1) is 11.3 Å². The minimum atomic E-state index is -3.23. The molecule has 2 aromatic rings. The van der Waals surface area contributed by atoms with Crippen molar-refractivity contribution in [2.45, 2.75) is 24.3 Å². The maximum absolute atomic E-state index is 11.8. The third kappa shape index (κ3) is 6.12. The van der Waals surface area contributed by atoms with Gasteiger partial charge in [0, 0.05) is 18.1 Å². The second-order valence-electron chi connectivity index (χ2n) is 5.40. The number of amides is 1. The van der Waals surface area contributed by atoms with Crippen molar-refractivity contribution in [3.63, 3.8) is 0 Å². The van der Waals surface area contributed by atoms with E-state index in [-0.39, 0.29) is 29.5 Å². The van der Waals surface area contributed by atoms with E-state index in [0.717, 1.165) is 6.26 Å². The molecule has 2 rings (SSSR count). The Balaban J connectivity index is 1.67. The van der Waals surface area contributed by atoms with Crippen molar-refractivity contribution in [3.05, 3.63) is 40.3 Å². The van der Waals surface area contributed by atoms with E-state index in [1.165, 1.54) is 28.8 Å². The molecule has 0 unspecified atom stereocenters. The van der Waals surface area contributed by atoms with Crippen LogP contribution in [0.3, 0.4) is 0 Å². The van der Waals surface area contributed by atoms with Crippen LogP contribution < -0.4 is 10.1 Å². The zero-order valence-electron chi connectivity index (χ0n) is 14.0. The molecule has 1 amide bonds. The van der Waals surface area contributed by atoms with Crippen LogP contribution in [-0.4, -0.2) is 43.2 Å². The fourth-order valence-electron chi connectivity index (χ4n) is 1.96. The average Bonchev–Trinajstić information content (AvgIpc) is 3.06. The van der Waals surface area contributed by atoms with Crippen molar-refractivity contribution < 1.29 is 27.9 Å². The van der Waals surface area contributed by atoms with Gasteiger partial charge in [0.25, 0.3) is 0 Å². The highest BCUT2D eigenvalue weighted by molar-refractivity contribution is 7.90. The summed E-state index contributed by atoms with van der Waals surface area (Å²) in [5.74, 6) is -0.754. The Bertz CT molecular complexity index is 874. The van der Waals surface area contributed by atoms with Crippen LogP contribution in [0.2, 0.25) is 0 Å². The van der Waals surface area contributed by atoms with Crippen molar-refractivity contribution in [1.82, 2.24) is 10.3 Å². The van der Waals surface area contributed by atoms with Crippen molar-refractivity contribution in [1.29, 1.82) is 0 Å². The third-order valence-corrected chi connectivity index (χ3v) is 5.25. The van der Waals surface area contributed by atoms with Gasteiger partial charge in [-0.2, -0.15) is 0 Å². The standard InChI is InChI=1S/C16H18N2O6S2/c1-26(22,23)12-6-4-11(5-7-12)24-8-2-3-14(19)17-9-15-18-13(10-25-15)16(20)21/h4-7,10H,2-3,8-9H2,1H3,(H,17,19)(H,20,21). The van der Waals surface area contributed by atoms with E-state index in [4.69, 9.17) is 9.84 Å². The number of carboxylic acid groups (broad SMARTS) is 1. The minimum Gasteiger partial charge on any atom is -0.494 e. The number of aromatic nitrogens is 1. The highest BCUT2D eigenvalue weighted by Gasteiger charge is 2.10. The van der Waals surface area contributed by atoms with E-state index in [9.17, 15) is 18.0 Å². The zero-order chi connectivity index (χ0) is 19.2. The molecule has 10 heteroatoms. The molecule has 0 saturated heterocycles. The van der Waals surface area contributed by atoms with E-state index >= 15 is 0 Å². The molecule has 1 aromatic carbocycles. The molecule has 0 spiro atoms. The second kappa shape index (κ2) is 8.77. The van der Waals surface area contributed by atoms with E-state index in [2.05, 4.69) is 10.3 Å². The lowest BCUT2D eigenvalue weighted by atomic mass is 10.3. The summed E-state index contributed by atoms with van der Waals surface area (Å²) in [5.41, 5.74) is -0.0328. The second-order valence-corrected chi connectivity index (χ2v) is 8.36. The summed E-state index contributed by atoms with van der Waals surface area (Å²) >= 11 is 1.17. The van der Waals surface area contributed by atoms with Gasteiger partial charge < -0.3 is 15.2 Å². The molecule has 0 saturated carbocycles. The first-order valence-electron chi connectivity index (χ1n) is 7.63. The van der Waals surface area contributed by atoms with E-state index in [1.807, 2.05) is 0 Å². The molecule has 140 valence electrons. The zero-order valence-corrected chi connectivity index (χ0v) is 15.6. The fourth-order valence-corrected chi connectivity index (χ4v) is 3.30. The fraction of sp³-hybridized carbons (Fsp3) is 0.312. The molecule has 2 N–H and O–H groups in total. The number of nitrogens with one attached hydrogen (secondary N) is 1. The SMILES string of the molecule is CS(=O)(=O)c1ccc(OCCCC(=O)NCc2nc(C(=O)O)cs2)cc1. The molecular formula is C16H18N2O6S2. The van der Waals surface area contributed by atoms with Crippen LogP contribution in [0.25, 0.3) is 0 Å². The summed E-state index contributed by atoms with van der Waals surface area (Å²) in [5, 5.41) is 13.4. The van der Waals surface area contributed by atoms with Gasteiger partial charge >= 0.3 is 5.97 Å². The lowest BCUT2D eigenvalue weighted by molar-refractivity contribution is -0.121. The number of hydrogen-bond donors (Lipinski definition) is 2. The molecule has 0 fully saturated rings. The molecule has 1 aromatic heterocycles. The Morgan fingerprint density at radius 2 is 1.96 bits per heavy atom. The van der Waals surface area contributed by atoms with Crippen LogP contribution in [-0.2, 0) is 21.2 Å². The third-order valence-electron chi connectivity index (χ3n) is 3.28. The number of ether oxygens (including phenoxy) is 1. The Hall–Kier alpha value is -2.46. The average molecular weight is 398 g/mol. The summed E-state index contributed by atoms with van der Waals surface area (Å²) in [4.78, 5) is 26.6. The molecule has 8 nitrogen and oxygen atoms in total. The number of carbonyl (C=O) groups excluding carboxylic acids is 1. The van der Waals surface area contributed by atoms with Gasteiger partial charge in [-0.3, -0.25) is 4.79 Å². The summed E-state index contributed by atoms with van der Waals surface area (Å²) in [6.07, 6.45) is 1.87. The molecule has 1 heterocycles. The molecule has 26 heavy (non-hydrogen) atoms. The first-order chi connectivity index (χ1) is 12.3. The van der Waals surface area contributed by atoms with Crippen molar-refractivity contribution in [3.8, 4) is 5.75 Å². The quantitative estimate of drug-likeness (QED) is 0.617.